The minimum atomic E-state index is 0.0780. The zero-order valence-corrected chi connectivity index (χ0v) is 13.9. The highest BCUT2D eigenvalue weighted by molar-refractivity contribution is 5.28. The Morgan fingerprint density at radius 1 is 1.04 bits per heavy atom. The van der Waals surface area contributed by atoms with E-state index in [1.54, 1.807) is 0 Å². The Hall–Kier alpha value is -1.88. The lowest BCUT2D eigenvalue weighted by Gasteiger charge is -2.12. The van der Waals surface area contributed by atoms with Crippen LogP contribution >= 0.6 is 0 Å². The second-order valence-electron chi connectivity index (χ2n) is 6.12. The van der Waals surface area contributed by atoms with Crippen molar-refractivity contribution in [1.82, 2.24) is 5.32 Å². The van der Waals surface area contributed by atoms with E-state index in [1.165, 1.54) is 5.56 Å². The monoisotopic (exact) mass is 327 g/mol. The SMILES string of the molecule is OCc1ccccc1CNCc1ccc(OCC2CCCO2)cc1. The van der Waals surface area contributed by atoms with Crippen LogP contribution in [0.15, 0.2) is 48.5 Å². The van der Waals surface area contributed by atoms with E-state index >= 15 is 0 Å². The highest BCUT2D eigenvalue weighted by Gasteiger charge is 2.15. The maximum atomic E-state index is 9.34. The first-order valence-corrected chi connectivity index (χ1v) is 8.57. The lowest BCUT2D eigenvalue weighted by Crippen LogP contribution is -2.16. The normalized spacial score (nSPS) is 17.1. The van der Waals surface area contributed by atoms with Crippen molar-refractivity contribution >= 4 is 0 Å². The summed E-state index contributed by atoms with van der Waals surface area (Å²) >= 11 is 0. The van der Waals surface area contributed by atoms with Crippen molar-refractivity contribution in [2.45, 2.75) is 38.6 Å². The van der Waals surface area contributed by atoms with Crippen molar-refractivity contribution in [3.05, 3.63) is 65.2 Å². The van der Waals surface area contributed by atoms with Crippen molar-refractivity contribution in [3.63, 3.8) is 0 Å². The molecule has 0 aliphatic carbocycles. The summed E-state index contributed by atoms with van der Waals surface area (Å²) in [4.78, 5) is 0. The Labute approximate surface area is 143 Å². The van der Waals surface area contributed by atoms with Crippen LogP contribution in [0.4, 0.5) is 0 Å². The second-order valence-corrected chi connectivity index (χ2v) is 6.12. The summed E-state index contributed by atoms with van der Waals surface area (Å²) in [6, 6.07) is 16.1. The fraction of sp³-hybridized carbons (Fsp3) is 0.400. The van der Waals surface area contributed by atoms with E-state index in [0.717, 1.165) is 49.4 Å². The smallest absolute Gasteiger partial charge is 0.119 e. The number of rotatable bonds is 8. The molecule has 1 atom stereocenters. The Morgan fingerprint density at radius 3 is 2.54 bits per heavy atom. The zero-order chi connectivity index (χ0) is 16.6. The third-order valence-corrected chi connectivity index (χ3v) is 4.32. The van der Waals surface area contributed by atoms with Gasteiger partial charge in [-0.1, -0.05) is 36.4 Å². The summed E-state index contributed by atoms with van der Waals surface area (Å²) in [5, 5.41) is 12.8. The molecule has 128 valence electrons. The molecule has 0 amide bonds. The summed E-state index contributed by atoms with van der Waals surface area (Å²) < 4.78 is 11.3. The van der Waals surface area contributed by atoms with E-state index in [4.69, 9.17) is 9.47 Å². The topological polar surface area (TPSA) is 50.7 Å². The predicted octanol–water partition coefficient (Wildman–Crippen LogP) is 3.03. The van der Waals surface area contributed by atoms with E-state index in [-0.39, 0.29) is 12.7 Å². The van der Waals surface area contributed by atoms with Gasteiger partial charge in [0.25, 0.3) is 0 Å². The number of benzene rings is 2. The quantitative estimate of drug-likeness (QED) is 0.782. The fourth-order valence-electron chi connectivity index (χ4n) is 2.89. The largest absolute Gasteiger partial charge is 0.491 e. The molecular formula is C20H25NO3. The molecule has 2 aromatic rings. The first-order valence-electron chi connectivity index (χ1n) is 8.57. The molecule has 0 saturated carbocycles. The minimum Gasteiger partial charge on any atom is -0.491 e. The number of hydrogen-bond donors (Lipinski definition) is 2. The highest BCUT2D eigenvalue weighted by Crippen LogP contribution is 2.17. The van der Waals surface area contributed by atoms with Crippen LogP contribution in [0.2, 0.25) is 0 Å². The molecule has 4 nitrogen and oxygen atoms in total. The molecule has 2 aromatic carbocycles. The van der Waals surface area contributed by atoms with Gasteiger partial charge in [-0.05, 0) is 41.7 Å². The van der Waals surface area contributed by atoms with Crippen molar-refractivity contribution in [2.75, 3.05) is 13.2 Å². The van der Waals surface area contributed by atoms with E-state index in [2.05, 4.69) is 17.4 Å². The van der Waals surface area contributed by atoms with Gasteiger partial charge in [0, 0.05) is 19.7 Å². The lowest BCUT2D eigenvalue weighted by atomic mass is 10.1. The molecule has 1 unspecified atom stereocenters. The van der Waals surface area contributed by atoms with Crippen LogP contribution in [-0.4, -0.2) is 24.4 Å². The predicted molar refractivity (Wildman–Crippen MR) is 93.8 cm³/mol. The minimum absolute atomic E-state index is 0.0780. The van der Waals surface area contributed by atoms with Crippen LogP contribution in [0.5, 0.6) is 5.75 Å². The van der Waals surface area contributed by atoms with E-state index in [9.17, 15) is 5.11 Å². The average Bonchev–Trinajstić information content (AvgIpc) is 3.15. The summed E-state index contributed by atoms with van der Waals surface area (Å²) in [6.45, 7) is 3.10. The van der Waals surface area contributed by atoms with Crippen molar-refractivity contribution in [3.8, 4) is 5.75 Å². The maximum absolute atomic E-state index is 9.34. The fourth-order valence-corrected chi connectivity index (χ4v) is 2.89. The van der Waals surface area contributed by atoms with Crippen LogP contribution in [0.1, 0.15) is 29.5 Å². The van der Waals surface area contributed by atoms with Gasteiger partial charge in [-0.15, -0.1) is 0 Å². The van der Waals surface area contributed by atoms with Gasteiger partial charge >= 0.3 is 0 Å². The Bertz CT molecular complexity index is 621. The van der Waals surface area contributed by atoms with E-state index < -0.39 is 0 Å². The van der Waals surface area contributed by atoms with Crippen molar-refractivity contribution < 1.29 is 14.6 Å². The zero-order valence-electron chi connectivity index (χ0n) is 13.9. The summed E-state index contributed by atoms with van der Waals surface area (Å²) in [5.41, 5.74) is 3.32. The molecule has 1 aliphatic rings. The molecule has 0 bridgehead atoms. The first kappa shape index (κ1) is 17.0. The molecule has 3 rings (SSSR count). The van der Waals surface area contributed by atoms with Crippen LogP contribution in [0, 0.1) is 0 Å². The number of nitrogens with one attached hydrogen (secondary N) is 1. The summed E-state index contributed by atoms with van der Waals surface area (Å²) in [7, 11) is 0. The highest BCUT2D eigenvalue weighted by atomic mass is 16.5. The van der Waals surface area contributed by atoms with Gasteiger partial charge in [0.15, 0.2) is 0 Å². The third-order valence-electron chi connectivity index (χ3n) is 4.32. The molecule has 4 heteroatoms. The van der Waals surface area contributed by atoms with Crippen molar-refractivity contribution in [1.29, 1.82) is 0 Å². The van der Waals surface area contributed by atoms with Crippen LogP contribution in [-0.2, 0) is 24.4 Å². The Morgan fingerprint density at radius 2 is 1.83 bits per heavy atom. The van der Waals surface area contributed by atoms with Gasteiger partial charge in [-0.3, -0.25) is 0 Å². The van der Waals surface area contributed by atoms with Crippen LogP contribution < -0.4 is 10.1 Å². The van der Waals surface area contributed by atoms with Gasteiger partial charge in [-0.2, -0.15) is 0 Å². The first-order chi connectivity index (χ1) is 11.8. The molecule has 24 heavy (non-hydrogen) atoms. The van der Waals surface area contributed by atoms with Gasteiger partial charge in [0.05, 0.1) is 12.7 Å². The molecule has 2 N–H and O–H groups in total. The lowest BCUT2D eigenvalue weighted by molar-refractivity contribution is 0.0679. The molecule has 0 aromatic heterocycles. The maximum Gasteiger partial charge on any atom is 0.119 e. The molecule has 0 spiro atoms. The molecule has 1 fully saturated rings. The van der Waals surface area contributed by atoms with Gasteiger partial charge in [0.2, 0.25) is 0 Å². The van der Waals surface area contributed by atoms with Gasteiger partial charge < -0.3 is 19.9 Å². The molecule has 1 heterocycles. The summed E-state index contributed by atoms with van der Waals surface area (Å²) in [6.07, 6.45) is 2.48. The van der Waals surface area contributed by atoms with Crippen LogP contribution in [0.25, 0.3) is 0 Å². The molecule has 1 saturated heterocycles. The standard InChI is InChI=1S/C20H25NO3/c22-14-18-5-2-1-4-17(18)13-21-12-16-7-9-19(10-8-16)24-15-20-6-3-11-23-20/h1-2,4-5,7-10,20-22H,3,6,11-15H2. The summed E-state index contributed by atoms with van der Waals surface area (Å²) in [5.74, 6) is 0.889. The van der Waals surface area contributed by atoms with Crippen LogP contribution in [0.3, 0.4) is 0 Å². The van der Waals surface area contributed by atoms with E-state index in [1.807, 2.05) is 36.4 Å². The van der Waals surface area contributed by atoms with Gasteiger partial charge in [-0.25, -0.2) is 0 Å². The second kappa shape index (κ2) is 8.83. The number of ether oxygens (including phenoxy) is 2. The number of aliphatic hydroxyl groups excluding tert-OH is 1. The van der Waals surface area contributed by atoms with E-state index in [0.29, 0.717) is 6.61 Å². The molecule has 1 aliphatic heterocycles. The number of aliphatic hydroxyl groups is 1. The van der Waals surface area contributed by atoms with Crippen molar-refractivity contribution in [2.24, 2.45) is 0 Å². The van der Waals surface area contributed by atoms with Gasteiger partial charge in [0.1, 0.15) is 12.4 Å². The molecular weight excluding hydrogens is 302 g/mol. The number of hydrogen-bond acceptors (Lipinski definition) is 4. The Balaban J connectivity index is 1.44. The third kappa shape index (κ3) is 4.81. The Kier molecular flexibility index (Phi) is 6.24. The molecule has 0 radical (unpaired) electrons. The average molecular weight is 327 g/mol.